The standard InChI is InChI=1S/C22H22N4/c1-14-11-17(4)20(18(5)12-14)26-13-25(21-22(26)24-10-9-23-21)19-15(2)7-6-8-16(19)3/h6-12H,1-5H3/q+2. The van der Waals surface area contributed by atoms with Gasteiger partial charge in [-0.25, -0.2) is 0 Å². The zero-order valence-electron chi connectivity index (χ0n) is 15.8. The van der Waals surface area contributed by atoms with Crippen LogP contribution in [-0.2, 0) is 0 Å². The van der Waals surface area contributed by atoms with Crippen molar-refractivity contribution in [2.45, 2.75) is 34.6 Å². The van der Waals surface area contributed by atoms with Crippen molar-refractivity contribution in [2.75, 3.05) is 0 Å². The molecule has 0 radical (unpaired) electrons. The van der Waals surface area contributed by atoms with Gasteiger partial charge < -0.3 is 0 Å². The minimum atomic E-state index is 0.810. The highest BCUT2D eigenvalue weighted by atomic mass is 15.3. The van der Waals surface area contributed by atoms with Crippen molar-refractivity contribution in [2.24, 2.45) is 0 Å². The van der Waals surface area contributed by atoms with E-state index in [2.05, 4.69) is 80.9 Å². The van der Waals surface area contributed by atoms with Crippen molar-refractivity contribution >= 4 is 29.0 Å². The first-order valence-electron chi connectivity index (χ1n) is 8.79. The highest BCUT2D eigenvalue weighted by molar-refractivity contribution is 5.83. The smallest absolute Gasteiger partial charge is 0.196 e. The number of aromatic nitrogens is 2. The minimum absolute atomic E-state index is 0.810. The van der Waals surface area contributed by atoms with E-state index in [4.69, 9.17) is 0 Å². The van der Waals surface area contributed by atoms with Crippen LogP contribution in [0, 0.1) is 34.6 Å². The Morgan fingerprint density at radius 1 is 0.692 bits per heavy atom. The third-order valence-corrected chi connectivity index (χ3v) is 4.81. The Balaban J connectivity index is 2.07. The summed E-state index contributed by atoms with van der Waals surface area (Å²) in [5.41, 5.74) is 8.27. The fraction of sp³-hybridized carbons (Fsp3) is 0.227. The van der Waals surface area contributed by atoms with Gasteiger partial charge in [0.05, 0.1) is 6.20 Å². The molecule has 3 aromatic rings. The molecule has 0 fully saturated rings. The molecule has 2 heterocycles. The molecule has 0 saturated heterocycles. The lowest BCUT2D eigenvalue weighted by atomic mass is 10.0. The molecule has 0 N–H and O–H groups in total. The fourth-order valence-corrected chi connectivity index (χ4v) is 3.83. The van der Waals surface area contributed by atoms with Gasteiger partial charge in [-0.2, -0.15) is 4.98 Å². The van der Waals surface area contributed by atoms with Crippen LogP contribution in [0.2, 0.25) is 0 Å². The second-order valence-corrected chi connectivity index (χ2v) is 6.96. The summed E-state index contributed by atoms with van der Waals surface area (Å²) in [4.78, 5) is 9.23. The van der Waals surface area contributed by atoms with Crippen LogP contribution in [0.4, 0.5) is 23.0 Å². The van der Waals surface area contributed by atoms with Crippen molar-refractivity contribution in [3.05, 3.63) is 70.5 Å². The highest BCUT2D eigenvalue weighted by Gasteiger charge is 2.40. The number of nitrogens with zero attached hydrogens (tertiary/aromatic N) is 4. The summed E-state index contributed by atoms with van der Waals surface area (Å²) in [5, 5.41) is 0. The second-order valence-electron chi connectivity index (χ2n) is 6.96. The van der Waals surface area contributed by atoms with Crippen LogP contribution in [-0.4, -0.2) is 16.0 Å². The maximum atomic E-state index is 4.62. The van der Waals surface area contributed by atoms with E-state index in [1.807, 2.05) is 9.15 Å². The predicted molar refractivity (Wildman–Crippen MR) is 107 cm³/mol. The molecule has 2 aromatic carbocycles. The van der Waals surface area contributed by atoms with E-state index in [1.165, 1.54) is 27.8 Å². The van der Waals surface area contributed by atoms with Crippen LogP contribution in [0.15, 0.2) is 42.7 Å². The lowest BCUT2D eigenvalue weighted by Gasteiger charge is -2.05. The fourth-order valence-electron chi connectivity index (χ4n) is 3.83. The van der Waals surface area contributed by atoms with Crippen molar-refractivity contribution in [1.82, 2.24) is 19.1 Å². The molecule has 0 atom stereocenters. The van der Waals surface area contributed by atoms with Gasteiger partial charge >= 0.3 is 17.6 Å². The Bertz CT molecular complexity index is 1080. The molecule has 128 valence electrons. The zero-order valence-corrected chi connectivity index (χ0v) is 15.8. The van der Waals surface area contributed by atoms with E-state index in [0.29, 0.717) is 0 Å². The summed E-state index contributed by atoms with van der Waals surface area (Å²) in [6.07, 6.45) is 3.47. The Morgan fingerprint density at radius 2 is 1.15 bits per heavy atom. The maximum Gasteiger partial charge on any atom is 0.480 e. The average molecular weight is 342 g/mol. The van der Waals surface area contributed by atoms with Gasteiger partial charge in [0.15, 0.2) is 17.6 Å². The lowest BCUT2D eigenvalue weighted by Crippen LogP contribution is -2.06. The van der Waals surface area contributed by atoms with Crippen molar-refractivity contribution in [3.8, 4) is 0 Å². The minimum Gasteiger partial charge on any atom is -0.196 e. The van der Waals surface area contributed by atoms with Crippen LogP contribution in [0.5, 0.6) is 0 Å². The number of para-hydroxylation sites is 1. The summed E-state index contributed by atoms with van der Waals surface area (Å²) < 4.78 is 4.07. The van der Waals surface area contributed by atoms with Gasteiger partial charge in [-0.3, -0.25) is 0 Å². The average Bonchev–Trinajstić information content (AvgIpc) is 2.93. The van der Waals surface area contributed by atoms with E-state index in [9.17, 15) is 0 Å². The molecule has 26 heavy (non-hydrogen) atoms. The molecule has 1 aromatic heterocycles. The van der Waals surface area contributed by atoms with Gasteiger partial charge in [0.25, 0.3) is 0 Å². The maximum absolute atomic E-state index is 4.62. The first-order chi connectivity index (χ1) is 12.5. The normalized spacial score (nSPS) is 12.7. The molecule has 1 aliphatic heterocycles. The second kappa shape index (κ2) is 6.01. The third kappa shape index (κ3) is 2.47. The van der Waals surface area contributed by atoms with Gasteiger partial charge in [0.2, 0.25) is 0 Å². The quantitative estimate of drug-likeness (QED) is 0.487. The molecule has 0 aliphatic carbocycles. The van der Waals surface area contributed by atoms with Gasteiger partial charge in [0, 0.05) is 27.2 Å². The van der Waals surface area contributed by atoms with Crippen molar-refractivity contribution < 1.29 is 0 Å². The zero-order chi connectivity index (χ0) is 18.4. The molecule has 0 unspecified atom stereocenters. The van der Waals surface area contributed by atoms with Crippen molar-refractivity contribution in [1.29, 1.82) is 0 Å². The number of aryl methyl sites for hydroxylation is 5. The third-order valence-electron chi connectivity index (χ3n) is 4.81. The van der Waals surface area contributed by atoms with E-state index >= 15 is 0 Å². The van der Waals surface area contributed by atoms with Crippen molar-refractivity contribution in [3.63, 3.8) is 0 Å². The summed E-state index contributed by atoms with van der Waals surface area (Å²) in [6, 6.07) is 14.2. The highest BCUT2D eigenvalue weighted by Crippen LogP contribution is 2.36. The van der Waals surface area contributed by atoms with Crippen LogP contribution < -0.4 is 9.15 Å². The van der Waals surface area contributed by atoms with Crippen LogP contribution in [0.1, 0.15) is 27.8 Å². The van der Waals surface area contributed by atoms with Gasteiger partial charge in [-0.05, 0) is 34.6 Å². The number of hydrogen-bond acceptors (Lipinski definition) is 2. The first-order valence-corrected chi connectivity index (χ1v) is 8.79. The van der Waals surface area contributed by atoms with Gasteiger partial charge in [0.1, 0.15) is 0 Å². The molecular formula is C22H22N4+2. The SMILES string of the molecule is Cc1cc(C)c([N+]2=C=[N+](c3c(C)cccc3C)c3nccnc32)c(C)c1. The van der Waals surface area contributed by atoms with E-state index in [-0.39, 0.29) is 0 Å². The van der Waals surface area contributed by atoms with Crippen LogP contribution >= 0.6 is 0 Å². The molecule has 0 saturated carbocycles. The molecule has 4 rings (SSSR count). The summed E-state index contributed by atoms with van der Waals surface area (Å²) in [6.45, 7) is 10.6. The first kappa shape index (κ1) is 16.4. The number of hydrogen-bond donors (Lipinski definition) is 0. The van der Waals surface area contributed by atoms with Gasteiger partial charge in [-0.1, -0.05) is 45.0 Å². The lowest BCUT2D eigenvalue weighted by molar-refractivity contribution is 0.979. The molecular weight excluding hydrogens is 320 g/mol. The topological polar surface area (TPSA) is 31.8 Å². The molecule has 4 nitrogen and oxygen atoms in total. The van der Waals surface area contributed by atoms with E-state index < -0.39 is 0 Å². The number of rotatable bonds is 2. The van der Waals surface area contributed by atoms with E-state index in [0.717, 1.165) is 23.0 Å². The Hall–Kier alpha value is -3.10. The Labute approximate surface area is 153 Å². The number of fused-ring (bicyclic) bond motifs is 1. The van der Waals surface area contributed by atoms with E-state index in [1.54, 1.807) is 12.4 Å². The molecule has 4 heteroatoms. The monoisotopic (exact) mass is 342 g/mol. The van der Waals surface area contributed by atoms with Crippen LogP contribution in [0.3, 0.4) is 0 Å². The summed E-state index contributed by atoms with van der Waals surface area (Å²) in [7, 11) is 0. The number of benzene rings is 2. The molecule has 0 amide bonds. The van der Waals surface area contributed by atoms with Crippen LogP contribution in [0.25, 0.3) is 0 Å². The summed E-state index contributed by atoms with van der Waals surface area (Å²) >= 11 is 0. The predicted octanol–water partition coefficient (Wildman–Crippen LogP) is 4.88. The Morgan fingerprint density at radius 3 is 1.65 bits per heavy atom. The molecule has 1 aliphatic rings. The largest absolute Gasteiger partial charge is 0.480 e. The Kier molecular flexibility index (Phi) is 3.78. The summed E-state index contributed by atoms with van der Waals surface area (Å²) in [5.74, 6) is 1.62. The molecule has 0 spiro atoms. The molecule has 0 bridgehead atoms. The van der Waals surface area contributed by atoms with Gasteiger partial charge in [-0.15, -0.1) is 0 Å².